The van der Waals surface area contributed by atoms with E-state index in [4.69, 9.17) is 76.9 Å². The molecule has 0 saturated carbocycles. The summed E-state index contributed by atoms with van der Waals surface area (Å²) in [7, 11) is 9.22. The van der Waals surface area contributed by atoms with Gasteiger partial charge in [0.2, 0.25) is 35.7 Å². The molecule has 4 aromatic carbocycles. The third-order valence-corrected chi connectivity index (χ3v) is 30.9. The van der Waals surface area contributed by atoms with Crippen LogP contribution in [-0.4, -0.2) is 319 Å². The van der Waals surface area contributed by atoms with Crippen molar-refractivity contribution in [3.05, 3.63) is 139 Å². The Morgan fingerprint density at radius 3 is 2.05 bits per heavy atom. The highest BCUT2D eigenvalue weighted by molar-refractivity contribution is 14.1. The molecule has 23 atom stereocenters. The molecule has 2 bridgehead atoms. The van der Waals surface area contributed by atoms with Crippen molar-refractivity contribution in [3.63, 3.8) is 0 Å². The van der Waals surface area contributed by atoms with Crippen molar-refractivity contribution in [3.8, 4) is 52.1 Å². The lowest BCUT2D eigenvalue weighted by Crippen LogP contribution is -2.65. The second kappa shape index (κ2) is 54.2. The number of Topliss-reactive ketones (excluding diaryl/α,β-unsaturated/α-hetero) is 1. The highest BCUT2D eigenvalue weighted by atomic mass is 127. The number of aliphatic hydroxyl groups excluding tert-OH is 6. The molecule has 4 aliphatic heterocycles. The number of carbonyl (C=O) groups is 9. The number of nitrogens with one attached hydrogen (secondary N) is 8. The number of aliphatic hydroxyl groups is 7. The van der Waals surface area contributed by atoms with E-state index in [0.717, 1.165) is 29.4 Å². The number of fused-ring (bicyclic) bond motifs is 5. The van der Waals surface area contributed by atoms with Crippen molar-refractivity contribution in [1.29, 1.82) is 0 Å². The molecule has 0 unspecified atom stereocenters. The van der Waals surface area contributed by atoms with E-state index in [1.54, 1.807) is 78.8 Å². The normalized spacial score (nSPS) is 26.7. The number of ketones is 1. The number of allylic oxidation sites excluding steroid dienone is 3. The molecule has 4 aromatic rings. The van der Waals surface area contributed by atoms with Crippen LogP contribution in [0.15, 0.2) is 108 Å². The minimum atomic E-state index is -2.22. The van der Waals surface area contributed by atoms with E-state index in [1.807, 2.05) is 78.0 Å². The number of benzene rings is 4. The number of nitrogens with two attached hydrogens (primary N) is 1. The van der Waals surface area contributed by atoms with Gasteiger partial charge in [0, 0.05) is 87.4 Å². The summed E-state index contributed by atoms with van der Waals surface area (Å²) < 4.78 is 85.7. The number of nitrogens with zero attached hydrogens (tertiary/aromatic N) is 1. The molecule has 45 heteroatoms. The molecule has 3 aliphatic carbocycles. The number of amides is 9. The zero-order chi connectivity index (χ0) is 105. The van der Waals surface area contributed by atoms with Crippen LogP contribution >= 0.6 is 55.5 Å². The van der Waals surface area contributed by atoms with Gasteiger partial charge in [0.25, 0.3) is 0 Å². The van der Waals surface area contributed by atoms with Gasteiger partial charge in [-0.05, 0) is 153 Å². The molecule has 4 fully saturated rings. The van der Waals surface area contributed by atoms with Crippen molar-refractivity contribution in [2.24, 2.45) is 11.7 Å². The molecule has 7 aliphatic rings. The van der Waals surface area contributed by atoms with E-state index in [1.165, 1.54) is 74.0 Å². The number of carbonyl (C=O) groups excluding carboxylic acids is 9. The Morgan fingerprint density at radius 2 is 1.40 bits per heavy atom. The molecular formula is C99H131IN10O31S3. The zero-order valence-electron chi connectivity index (χ0n) is 82.4. The molecule has 11 rings (SSSR count). The Balaban J connectivity index is 0.752. The molecule has 9 amide bonds. The fraction of sp³-hybridized carbons (Fsp3) is 0.556. The molecule has 788 valence electrons. The minimum absolute atomic E-state index is 0.00881. The Morgan fingerprint density at radius 1 is 0.729 bits per heavy atom. The number of primary amides is 1. The molecule has 0 radical (unpaired) electrons. The van der Waals surface area contributed by atoms with E-state index in [2.05, 4.69) is 66.4 Å². The topological polar surface area (TPSA) is 559 Å². The largest absolute Gasteiger partial charge is 0.492 e. The highest BCUT2D eigenvalue weighted by Crippen LogP contribution is 2.50. The lowest BCUT2D eigenvalue weighted by molar-refractivity contribution is -0.337. The van der Waals surface area contributed by atoms with Crippen molar-refractivity contribution in [2.75, 3.05) is 86.1 Å². The molecule has 4 heterocycles. The van der Waals surface area contributed by atoms with Crippen LogP contribution in [0.1, 0.15) is 140 Å². The van der Waals surface area contributed by atoms with Crippen LogP contribution in [0.5, 0.6) is 17.2 Å². The van der Waals surface area contributed by atoms with Gasteiger partial charge in [-0.15, -0.1) is 0 Å². The van der Waals surface area contributed by atoms with Gasteiger partial charge in [0.1, 0.15) is 73.0 Å². The second-order valence-corrected chi connectivity index (χ2v) is 40.9. The van der Waals surface area contributed by atoms with Gasteiger partial charge in [-0.2, -0.15) is 16.8 Å². The quantitative estimate of drug-likeness (QED) is 0.00342. The number of hydrogen-bond acceptors (Lipinski definition) is 33. The Labute approximate surface area is 860 Å². The number of unbranched alkanes of at least 4 members (excludes halogenated alkanes) is 1. The first kappa shape index (κ1) is 115. The lowest BCUT2D eigenvalue weighted by Gasteiger charge is -2.47. The summed E-state index contributed by atoms with van der Waals surface area (Å²) in [5, 5.41) is 99.1. The van der Waals surface area contributed by atoms with Crippen LogP contribution in [-0.2, 0) is 87.5 Å². The van der Waals surface area contributed by atoms with Gasteiger partial charge in [-0.3, -0.25) is 34.1 Å². The first-order valence-corrected chi connectivity index (χ1v) is 51.8. The predicted octanol–water partition coefficient (Wildman–Crippen LogP) is 6.20. The maximum atomic E-state index is 14.5. The maximum absolute atomic E-state index is 14.5. The number of methoxy groups -OCH3 is 5. The van der Waals surface area contributed by atoms with Crippen LogP contribution in [0.2, 0.25) is 0 Å². The van der Waals surface area contributed by atoms with Gasteiger partial charge in [-0.1, -0.05) is 133 Å². The van der Waals surface area contributed by atoms with Gasteiger partial charge in [0.05, 0.1) is 104 Å². The first-order valence-electron chi connectivity index (χ1n) is 47.3. The molecule has 17 N–H and O–H groups in total. The average Bonchev–Trinajstić information content (AvgIpc) is 1.62. The highest BCUT2D eigenvalue weighted by Gasteiger charge is 2.53. The van der Waals surface area contributed by atoms with E-state index in [9.17, 15) is 78.9 Å². The van der Waals surface area contributed by atoms with Crippen molar-refractivity contribution in [1.82, 2.24) is 42.3 Å². The number of thiol groups is 1. The third-order valence-electron chi connectivity index (χ3n) is 25.4. The number of urea groups is 1. The van der Waals surface area contributed by atoms with Crippen LogP contribution in [0, 0.1) is 40.1 Å². The SMILES string of the molecule is CCN(C(=O)OCc1ccc(NC(=O)[C@H](CCCNC(N)=O)NC(=O)[C@@H](NC(=O)[C@H](CCCCNC(=O)OCC2c3ccccc3-c3ccccc32)NC(C)=O)C(C)C)cc1)[C@H]1CO[C@@H](O[C@H]2[C@H](O[C@H]3C#CC=CC#C[C@]4(O)CC(=O)C(NC(=O)OC)=C3/C4=C\CSS[C@H](C)CO)O[C@H](C)[C@@H](NO[C@H]3C[C@H](O)[C@H]([SH]=C(O)c4c(C)c(I)c(O[C@@H]5O[C@@H](C)[C@H](O)[C@@H](OC)[C@H]5O)c(OC)c4OC)[C@@H](C)O3)[C@@H]2O)C[C@@H]1OC. The second-order valence-electron chi connectivity index (χ2n) is 35.7. The van der Waals surface area contributed by atoms with Gasteiger partial charge >= 0.3 is 24.3 Å². The summed E-state index contributed by atoms with van der Waals surface area (Å²) in [6.07, 6.45) is -17.2. The van der Waals surface area contributed by atoms with Gasteiger partial charge in [-0.25, -0.2) is 19.2 Å². The van der Waals surface area contributed by atoms with Crippen molar-refractivity contribution < 1.29 is 150 Å². The number of hydrogen-bond donors (Lipinski definition) is 17. The molecular weight excluding hydrogens is 2050 g/mol. The standard InChI is InChI=1S/C99H131IN10O31S3/c1-15-110(98(125)134-47-57-34-36-58(37-35-57)105-89(118)66(32-26-41-102-95(101)122)106-91(120)77(50(2)3)107-90(119)65(104-56(9)112)31-23-25-40-103-96(123)133-48-63-61-29-21-19-27-59(61)60-28-20-22-30-62(60)63)67-49-132-72(44-71(67)127-10)139-86-81(116)78(53(6)136-94(86)138-70-33-18-16-17-24-39-99(126)45-69(114)79(108-97(124)131-14)75(70)64(99)38-42-142-144-51(4)46-111)109-141-73-43-68(113)88(55(8)135-73)143-92(121)74-52(5)76(100)84(87(130-13)83(74)128-11)140-93-82(117)85(129-12)80(115)54(7)137-93/h16-17,19-22,27-30,34-38,50-51,53-55,63,65-68,70-73,77-78,80-82,85-86,88,93-94,109,111,113,115-117,121,126,143H,15,23,25-26,31-32,40-49H2,1-14H3,(H,103,123)(H,104,112)(H,105,118)(H,106,120)(H,107,119)(H,108,124)(H3,101,102,122)/b17-16?,64-38+/t51-,53-,54+,55-,65+,66+,67+,68+,70+,71+,72+,73+,77+,78-,80+,81+,82-,85-,86-,88-,93+,94+,99+/m1/s1. The number of likely N-dealkylation sites (N-methyl/N-ethyl adjacent to an activating group) is 1. The Bertz CT molecular complexity index is 5370. The van der Waals surface area contributed by atoms with Crippen LogP contribution < -0.4 is 62.6 Å². The average molecular weight is 2180 g/mol. The molecule has 0 aromatic heterocycles. The van der Waals surface area contributed by atoms with Crippen LogP contribution in [0.25, 0.3) is 11.1 Å². The smallest absolute Gasteiger partial charge is 0.411 e. The number of anilines is 1. The molecule has 144 heavy (non-hydrogen) atoms. The molecule has 4 saturated heterocycles. The van der Waals surface area contributed by atoms with Gasteiger partial charge < -0.3 is 145 Å². The summed E-state index contributed by atoms with van der Waals surface area (Å²) in [6.45, 7) is 14.5. The van der Waals surface area contributed by atoms with E-state index in [0.29, 0.717) is 27.5 Å². The summed E-state index contributed by atoms with van der Waals surface area (Å²) in [5.41, 5.74) is 11.3. The number of ether oxygens (including phenoxy) is 14. The van der Waals surface area contributed by atoms with Crippen LogP contribution in [0.4, 0.5) is 24.9 Å². The fourth-order valence-corrected chi connectivity index (χ4v) is 21.6. The van der Waals surface area contributed by atoms with E-state index < -0.39 is 199 Å². The minimum Gasteiger partial charge on any atom is -0.492 e. The van der Waals surface area contributed by atoms with Crippen LogP contribution in [0.3, 0.4) is 0 Å². The zero-order valence-corrected chi connectivity index (χ0v) is 87.1. The van der Waals surface area contributed by atoms with Crippen molar-refractivity contribution >= 4 is 120 Å². The summed E-state index contributed by atoms with van der Waals surface area (Å²) in [4.78, 5) is 130. The predicted molar refractivity (Wildman–Crippen MR) is 540 cm³/mol. The number of rotatable bonds is 44. The third kappa shape index (κ3) is 29.2. The first-order chi connectivity index (χ1) is 68.9. The number of hydroxylamine groups is 1. The Kier molecular flexibility index (Phi) is 43.1. The molecule has 0 spiro atoms. The van der Waals surface area contributed by atoms with Gasteiger partial charge in [0.15, 0.2) is 41.8 Å². The lowest BCUT2D eigenvalue weighted by atomic mass is 9.75. The van der Waals surface area contributed by atoms with Crippen molar-refractivity contribution in [2.45, 2.75) is 265 Å². The summed E-state index contributed by atoms with van der Waals surface area (Å²) >= 11 is 2.18. The molecule has 41 nitrogen and oxygen atoms in total. The summed E-state index contributed by atoms with van der Waals surface area (Å²) in [6, 6.07) is 15.8. The summed E-state index contributed by atoms with van der Waals surface area (Å²) in [5.74, 6) is 7.73. The van der Waals surface area contributed by atoms with E-state index in [-0.39, 0.29) is 157 Å². The monoisotopic (exact) mass is 2180 g/mol. The maximum Gasteiger partial charge on any atom is 0.411 e. The number of alkyl carbamates (subject to hydrolysis) is 2. The van der Waals surface area contributed by atoms with E-state index >= 15 is 0 Å². The Hall–Kier alpha value is -9.78. The number of halogens is 1. The fourth-order valence-electron chi connectivity index (χ4n) is 17.8.